The van der Waals surface area contributed by atoms with Gasteiger partial charge in [-0.15, -0.1) is 0 Å². The highest BCUT2D eigenvalue weighted by Crippen LogP contribution is 2.15. The van der Waals surface area contributed by atoms with Crippen LogP contribution in [-0.2, 0) is 4.43 Å². The van der Waals surface area contributed by atoms with Crippen molar-refractivity contribution < 1.29 is 4.43 Å². The second kappa shape index (κ2) is 26.6. The molecule has 0 aliphatic carbocycles. The monoisotopic (exact) mass is 444 g/mol. The molecule has 0 saturated heterocycles. The summed E-state index contributed by atoms with van der Waals surface area (Å²) in [5.74, 6) is 1.94. The van der Waals surface area contributed by atoms with E-state index in [-0.39, 0.29) is 9.76 Å². The summed E-state index contributed by atoms with van der Waals surface area (Å²) in [5, 5.41) is 0. The number of hydrogen-bond donors (Lipinski definition) is 1. The van der Waals surface area contributed by atoms with Crippen LogP contribution in [0.1, 0.15) is 142 Å². The van der Waals surface area contributed by atoms with E-state index >= 15 is 0 Å². The molecule has 1 nitrogen and oxygen atoms in total. The number of thiol groups is 1. The third kappa shape index (κ3) is 28.5. The van der Waals surface area contributed by atoms with Crippen LogP contribution in [0, 0.1) is 5.92 Å². The van der Waals surface area contributed by atoms with Crippen molar-refractivity contribution in [2.24, 2.45) is 5.92 Å². The molecule has 0 radical (unpaired) electrons. The SMILES string of the molecule is CC(C)CCCCCCCCCCCCCCCCCO[SiH2]CCCCCCS. The molecule has 0 amide bonds. The van der Waals surface area contributed by atoms with Gasteiger partial charge in [0.05, 0.1) is 0 Å². The molecule has 176 valence electrons. The van der Waals surface area contributed by atoms with Crippen LogP contribution in [0.5, 0.6) is 0 Å². The van der Waals surface area contributed by atoms with Gasteiger partial charge < -0.3 is 4.43 Å². The molecule has 0 aromatic carbocycles. The standard InChI is InChI=1S/C26H56OSSi/c1-26(2)22-18-14-12-10-8-6-4-3-5-7-9-11-13-15-19-23-27-29-25-21-17-16-20-24-28/h26,28H,3-25,29H2,1-2H3. The average molecular weight is 445 g/mol. The fraction of sp³-hybridized carbons (Fsp3) is 1.00. The van der Waals surface area contributed by atoms with Crippen LogP contribution in [0.3, 0.4) is 0 Å². The van der Waals surface area contributed by atoms with Gasteiger partial charge in [0.2, 0.25) is 0 Å². The van der Waals surface area contributed by atoms with Crippen molar-refractivity contribution in [3.63, 3.8) is 0 Å². The molecule has 29 heavy (non-hydrogen) atoms. The minimum absolute atomic E-state index is 0.211. The molecule has 0 N–H and O–H groups in total. The Bertz CT molecular complexity index is 286. The van der Waals surface area contributed by atoms with Gasteiger partial charge >= 0.3 is 0 Å². The molecular weight excluding hydrogens is 388 g/mol. The molecule has 0 unspecified atom stereocenters. The first kappa shape index (κ1) is 29.5. The molecule has 0 rings (SSSR count). The lowest BCUT2D eigenvalue weighted by atomic mass is 10.0. The van der Waals surface area contributed by atoms with Crippen LogP contribution in [0.15, 0.2) is 0 Å². The van der Waals surface area contributed by atoms with Crippen LogP contribution in [0.2, 0.25) is 6.04 Å². The first-order valence-electron chi connectivity index (χ1n) is 13.5. The second-order valence-electron chi connectivity index (χ2n) is 9.59. The maximum atomic E-state index is 5.89. The van der Waals surface area contributed by atoms with Gasteiger partial charge in [0.1, 0.15) is 0 Å². The van der Waals surface area contributed by atoms with E-state index in [0.717, 1.165) is 18.3 Å². The lowest BCUT2D eigenvalue weighted by Crippen LogP contribution is -2.00. The fourth-order valence-electron chi connectivity index (χ4n) is 4.00. The van der Waals surface area contributed by atoms with E-state index in [9.17, 15) is 0 Å². The summed E-state index contributed by atoms with van der Waals surface area (Å²) in [7, 11) is -0.211. The summed E-state index contributed by atoms with van der Waals surface area (Å²) in [6.45, 7) is 5.72. The molecule has 3 heteroatoms. The van der Waals surface area contributed by atoms with Gasteiger partial charge in [-0.1, -0.05) is 129 Å². The summed E-state index contributed by atoms with van der Waals surface area (Å²) in [5.41, 5.74) is 0. The van der Waals surface area contributed by atoms with Crippen molar-refractivity contribution in [1.82, 2.24) is 0 Å². The van der Waals surface area contributed by atoms with Crippen molar-refractivity contribution in [2.45, 2.75) is 148 Å². The zero-order valence-electron chi connectivity index (χ0n) is 20.4. The van der Waals surface area contributed by atoms with E-state index in [1.54, 1.807) is 0 Å². The first-order valence-corrected chi connectivity index (χ1v) is 15.7. The second-order valence-corrected chi connectivity index (χ2v) is 11.6. The number of unbranched alkanes of at least 4 members (excludes halogenated alkanes) is 17. The van der Waals surface area contributed by atoms with Gasteiger partial charge in [0, 0.05) is 6.61 Å². The molecule has 0 aromatic rings. The lowest BCUT2D eigenvalue weighted by Gasteiger charge is -2.05. The quantitative estimate of drug-likeness (QED) is 0.0839. The third-order valence-corrected chi connectivity index (χ3v) is 7.70. The molecule has 0 aliphatic heterocycles. The molecule has 0 saturated carbocycles. The Kier molecular flexibility index (Phi) is 27.0. The summed E-state index contributed by atoms with van der Waals surface area (Å²) < 4.78 is 5.89. The zero-order chi connectivity index (χ0) is 21.3. The molecule has 0 heterocycles. The Morgan fingerprint density at radius 2 is 0.966 bits per heavy atom. The van der Waals surface area contributed by atoms with Crippen LogP contribution >= 0.6 is 12.6 Å². The van der Waals surface area contributed by atoms with E-state index in [1.807, 2.05) is 0 Å². The minimum Gasteiger partial charge on any atom is -0.424 e. The van der Waals surface area contributed by atoms with Gasteiger partial charge in [0.25, 0.3) is 0 Å². The predicted octanol–water partition coefficient (Wildman–Crippen LogP) is 8.89. The lowest BCUT2D eigenvalue weighted by molar-refractivity contribution is 0.319. The Labute approximate surface area is 193 Å². The van der Waals surface area contributed by atoms with E-state index in [4.69, 9.17) is 4.43 Å². The van der Waals surface area contributed by atoms with E-state index in [2.05, 4.69) is 26.5 Å². The zero-order valence-corrected chi connectivity index (χ0v) is 22.7. The average Bonchev–Trinajstić information content (AvgIpc) is 2.71. The normalized spacial score (nSPS) is 12.0. The third-order valence-electron chi connectivity index (χ3n) is 6.02. The number of rotatable bonds is 25. The van der Waals surface area contributed by atoms with Crippen molar-refractivity contribution in [3.05, 3.63) is 0 Å². The van der Waals surface area contributed by atoms with Crippen LogP contribution < -0.4 is 0 Å². The molecule has 0 spiro atoms. The summed E-state index contributed by atoms with van der Waals surface area (Å²) >= 11 is 4.26. The Balaban J connectivity index is 2.98. The van der Waals surface area contributed by atoms with E-state index in [0.29, 0.717) is 0 Å². The molecule has 0 fully saturated rings. The van der Waals surface area contributed by atoms with Crippen LogP contribution in [-0.4, -0.2) is 22.1 Å². The van der Waals surface area contributed by atoms with E-state index < -0.39 is 0 Å². The highest BCUT2D eigenvalue weighted by molar-refractivity contribution is 7.80. The highest BCUT2D eigenvalue weighted by atomic mass is 32.1. The first-order chi connectivity index (χ1) is 14.3. The minimum atomic E-state index is -0.211. The fourth-order valence-corrected chi connectivity index (χ4v) is 5.40. The van der Waals surface area contributed by atoms with Gasteiger partial charge in [-0.3, -0.25) is 0 Å². The molecule has 0 atom stereocenters. The van der Waals surface area contributed by atoms with Gasteiger partial charge in [-0.05, 0) is 30.6 Å². The number of hydrogen-bond acceptors (Lipinski definition) is 2. The highest BCUT2D eigenvalue weighted by Gasteiger charge is 1.97. The Morgan fingerprint density at radius 1 is 0.552 bits per heavy atom. The summed E-state index contributed by atoms with van der Waals surface area (Å²) in [6.07, 6.45) is 28.5. The van der Waals surface area contributed by atoms with Crippen molar-refractivity contribution in [1.29, 1.82) is 0 Å². The maximum Gasteiger partial charge on any atom is 0.161 e. The predicted molar refractivity (Wildman–Crippen MR) is 140 cm³/mol. The summed E-state index contributed by atoms with van der Waals surface area (Å²) in [6, 6.07) is 1.38. The molecule has 0 bridgehead atoms. The van der Waals surface area contributed by atoms with Crippen LogP contribution in [0.4, 0.5) is 0 Å². The van der Waals surface area contributed by atoms with Crippen molar-refractivity contribution in [2.75, 3.05) is 12.4 Å². The van der Waals surface area contributed by atoms with Crippen LogP contribution in [0.25, 0.3) is 0 Å². The molecular formula is C26H56OSSi. The molecule has 0 aliphatic rings. The Hall–Kier alpha value is 0.527. The maximum absolute atomic E-state index is 5.89. The largest absolute Gasteiger partial charge is 0.424 e. The van der Waals surface area contributed by atoms with Gasteiger partial charge in [-0.2, -0.15) is 12.6 Å². The van der Waals surface area contributed by atoms with Crippen molar-refractivity contribution in [3.8, 4) is 0 Å². The molecule has 0 aromatic heterocycles. The van der Waals surface area contributed by atoms with Crippen molar-refractivity contribution >= 4 is 22.4 Å². The van der Waals surface area contributed by atoms with Gasteiger partial charge in [-0.25, -0.2) is 0 Å². The topological polar surface area (TPSA) is 9.23 Å². The smallest absolute Gasteiger partial charge is 0.161 e. The Morgan fingerprint density at radius 3 is 1.45 bits per heavy atom. The van der Waals surface area contributed by atoms with Gasteiger partial charge in [0.15, 0.2) is 9.76 Å². The summed E-state index contributed by atoms with van der Waals surface area (Å²) in [4.78, 5) is 0. The van der Waals surface area contributed by atoms with E-state index in [1.165, 1.54) is 134 Å².